The quantitative estimate of drug-likeness (QED) is 0.843. The molecule has 0 aromatic heterocycles. The van der Waals surface area contributed by atoms with Crippen LogP contribution in [0.15, 0.2) is 28.7 Å². The highest BCUT2D eigenvalue weighted by atomic mass is 79.9. The fraction of sp³-hybridized carbons (Fsp3) is 0.500. The molecule has 0 saturated heterocycles. The number of carbonyl (C=O) groups excluding carboxylic acids is 1. The molecular formula is C16H16BrNO. The standard InChI is InChI=1S/C16H16BrNO/c17-13-5-3-11(4-6-13)15(9-18)16(19)14-8-10-1-2-12(14)7-10/h3-6,10,12,14-15H,1-2,7-8H2. The lowest BCUT2D eigenvalue weighted by Crippen LogP contribution is -2.25. The van der Waals surface area contributed by atoms with Gasteiger partial charge in [0.1, 0.15) is 5.92 Å². The van der Waals surface area contributed by atoms with Gasteiger partial charge in [0, 0.05) is 10.4 Å². The third kappa shape index (κ3) is 2.34. The maximum atomic E-state index is 12.6. The van der Waals surface area contributed by atoms with Crippen LogP contribution >= 0.6 is 15.9 Å². The van der Waals surface area contributed by atoms with Crippen molar-refractivity contribution in [2.24, 2.45) is 17.8 Å². The van der Waals surface area contributed by atoms with Gasteiger partial charge in [-0.2, -0.15) is 5.26 Å². The number of carbonyl (C=O) groups is 1. The summed E-state index contributed by atoms with van der Waals surface area (Å²) in [4.78, 5) is 12.6. The lowest BCUT2D eigenvalue weighted by atomic mass is 9.79. The van der Waals surface area contributed by atoms with Gasteiger partial charge in [-0.15, -0.1) is 0 Å². The molecular weight excluding hydrogens is 302 g/mol. The van der Waals surface area contributed by atoms with E-state index in [4.69, 9.17) is 0 Å². The number of nitrogens with zero attached hydrogens (tertiary/aromatic N) is 1. The van der Waals surface area contributed by atoms with Gasteiger partial charge in [-0.3, -0.25) is 4.79 Å². The topological polar surface area (TPSA) is 40.9 Å². The van der Waals surface area contributed by atoms with Crippen LogP contribution in [0.1, 0.15) is 37.2 Å². The molecule has 0 amide bonds. The zero-order valence-corrected chi connectivity index (χ0v) is 12.3. The molecule has 2 nitrogen and oxygen atoms in total. The van der Waals surface area contributed by atoms with Crippen molar-refractivity contribution in [1.29, 1.82) is 5.26 Å². The van der Waals surface area contributed by atoms with Crippen LogP contribution in [-0.4, -0.2) is 5.78 Å². The molecule has 3 heteroatoms. The molecule has 0 spiro atoms. The summed E-state index contributed by atoms with van der Waals surface area (Å²) in [6.07, 6.45) is 4.68. The van der Waals surface area contributed by atoms with E-state index in [1.807, 2.05) is 24.3 Å². The van der Waals surface area contributed by atoms with Crippen molar-refractivity contribution in [1.82, 2.24) is 0 Å². The van der Waals surface area contributed by atoms with Gasteiger partial charge in [0.25, 0.3) is 0 Å². The van der Waals surface area contributed by atoms with E-state index in [2.05, 4.69) is 22.0 Å². The second kappa shape index (κ2) is 5.09. The van der Waals surface area contributed by atoms with E-state index < -0.39 is 5.92 Å². The zero-order chi connectivity index (χ0) is 13.4. The van der Waals surface area contributed by atoms with Crippen LogP contribution in [0.5, 0.6) is 0 Å². The maximum Gasteiger partial charge on any atom is 0.157 e. The molecule has 1 aromatic rings. The van der Waals surface area contributed by atoms with Crippen molar-refractivity contribution in [3.8, 4) is 6.07 Å². The second-order valence-electron chi connectivity index (χ2n) is 5.80. The van der Waals surface area contributed by atoms with Gasteiger partial charge in [0.2, 0.25) is 0 Å². The average Bonchev–Trinajstić information content (AvgIpc) is 3.04. The minimum Gasteiger partial charge on any atom is -0.298 e. The first-order valence-electron chi connectivity index (χ1n) is 6.88. The molecule has 98 valence electrons. The van der Waals surface area contributed by atoms with Crippen LogP contribution in [0.25, 0.3) is 0 Å². The van der Waals surface area contributed by atoms with E-state index in [0.717, 1.165) is 22.4 Å². The Balaban J connectivity index is 1.81. The van der Waals surface area contributed by atoms with Crippen molar-refractivity contribution < 1.29 is 4.79 Å². The molecule has 2 saturated carbocycles. The fourth-order valence-corrected chi connectivity index (χ4v) is 4.03. The Kier molecular flexibility index (Phi) is 3.45. The minimum absolute atomic E-state index is 0.132. The Bertz CT molecular complexity index is 531. The van der Waals surface area contributed by atoms with Crippen molar-refractivity contribution in [2.75, 3.05) is 0 Å². The summed E-state index contributed by atoms with van der Waals surface area (Å²) in [6, 6.07) is 9.76. The van der Waals surface area contributed by atoms with E-state index in [-0.39, 0.29) is 11.7 Å². The molecule has 2 aliphatic carbocycles. The van der Waals surface area contributed by atoms with Gasteiger partial charge >= 0.3 is 0 Å². The zero-order valence-electron chi connectivity index (χ0n) is 10.7. The number of ketones is 1. The van der Waals surface area contributed by atoms with Crippen LogP contribution in [-0.2, 0) is 4.79 Å². The SMILES string of the molecule is N#CC(C(=O)C1CC2CCC1C2)c1ccc(Br)cc1. The summed E-state index contributed by atoms with van der Waals surface area (Å²) in [6.45, 7) is 0. The number of fused-ring (bicyclic) bond motifs is 2. The highest BCUT2D eigenvalue weighted by Crippen LogP contribution is 2.49. The molecule has 0 aliphatic heterocycles. The Morgan fingerprint density at radius 1 is 1.26 bits per heavy atom. The molecule has 2 aliphatic rings. The van der Waals surface area contributed by atoms with Gasteiger partial charge in [-0.1, -0.05) is 34.5 Å². The molecule has 0 radical (unpaired) electrons. The second-order valence-corrected chi connectivity index (χ2v) is 6.71. The molecule has 4 atom stereocenters. The van der Waals surface area contributed by atoms with E-state index in [1.54, 1.807) is 0 Å². The first-order valence-corrected chi connectivity index (χ1v) is 7.67. The number of hydrogen-bond acceptors (Lipinski definition) is 2. The third-order valence-corrected chi connectivity index (χ3v) is 5.25. The lowest BCUT2D eigenvalue weighted by molar-refractivity contribution is -0.124. The molecule has 19 heavy (non-hydrogen) atoms. The molecule has 3 rings (SSSR count). The summed E-state index contributed by atoms with van der Waals surface area (Å²) in [5, 5.41) is 9.37. The van der Waals surface area contributed by atoms with Crippen molar-refractivity contribution >= 4 is 21.7 Å². The van der Waals surface area contributed by atoms with E-state index >= 15 is 0 Å². The maximum absolute atomic E-state index is 12.6. The number of rotatable bonds is 3. The Hall–Kier alpha value is -1.14. The fourth-order valence-electron chi connectivity index (χ4n) is 3.76. The normalized spacial score (nSPS) is 30.0. The number of benzene rings is 1. The summed E-state index contributed by atoms with van der Waals surface area (Å²) in [5.41, 5.74) is 0.832. The van der Waals surface area contributed by atoms with Crippen molar-refractivity contribution in [3.63, 3.8) is 0 Å². The minimum atomic E-state index is -0.586. The van der Waals surface area contributed by atoms with Gasteiger partial charge in [-0.25, -0.2) is 0 Å². The van der Waals surface area contributed by atoms with Crippen LogP contribution < -0.4 is 0 Å². The molecule has 0 heterocycles. The van der Waals surface area contributed by atoms with E-state index in [1.165, 1.54) is 19.3 Å². The molecule has 1 aromatic carbocycles. The monoisotopic (exact) mass is 317 g/mol. The first kappa shape index (κ1) is 12.9. The smallest absolute Gasteiger partial charge is 0.157 e. The Morgan fingerprint density at radius 2 is 2.00 bits per heavy atom. The van der Waals surface area contributed by atoms with Crippen LogP contribution in [0.4, 0.5) is 0 Å². The van der Waals surface area contributed by atoms with E-state index in [9.17, 15) is 10.1 Å². The van der Waals surface area contributed by atoms with Crippen LogP contribution in [0.2, 0.25) is 0 Å². The van der Waals surface area contributed by atoms with Crippen molar-refractivity contribution in [2.45, 2.75) is 31.6 Å². The molecule has 2 bridgehead atoms. The van der Waals surface area contributed by atoms with Crippen LogP contribution in [0.3, 0.4) is 0 Å². The van der Waals surface area contributed by atoms with Gasteiger partial charge in [-0.05, 0) is 48.8 Å². The highest BCUT2D eigenvalue weighted by Gasteiger charge is 2.44. The molecule has 0 N–H and O–H groups in total. The number of halogens is 1. The number of Topliss-reactive ketones (excluding diaryl/α,β-unsaturated/α-hetero) is 1. The Labute approximate surface area is 121 Å². The molecule has 4 unspecified atom stereocenters. The highest BCUT2D eigenvalue weighted by molar-refractivity contribution is 9.10. The Morgan fingerprint density at radius 3 is 2.53 bits per heavy atom. The van der Waals surface area contributed by atoms with Gasteiger partial charge < -0.3 is 0 Å². The summed E-state index contributed by atoms with van der Waals surface area (Å²) in [5.74, 6) is 0.980. The number of nitriles is 1. The number of hydrogen-bond donors (Lipinski definition) is 0. The van der Waals surface area contributed by atoms with E-state index in [0.29, 0.717) is 5.92 Å². The first-order chi connectivity index (χ1) is 9.19. The predicted octanol–water partition coefficient (Wildman–Crippen LogP) is 4.06. The predicted molar refractivity (Wildman–Crippen MR) is 76.4 cm³/mol. The summed E-state index contributed by atoms with van der Waals surface area (Å²) >= 11 is 3.38. The largest absolute Gasteiger partial charge is 0.298 e. The third-order valence-electron chi connectivity index (χ3n) is 4.72. The van der Waals surface area contributed by atoms with Gasteiger partial charge in [0.05, 0.1) is 6.07 Å². The lowest BCUT2D eigenvalue weighted by Gasteiger charge is -2.22. The summed E-state index contributed by atoms with van der Waals surface area (Å²) < 4.78 is 0.973. The average molecular weight is 318 g/mol. The van der Waals surface area contributed by atoms with Crippen molar-refractivity contribution in [3.05, 3.63) is 34.3 Å². The van der Waals surface area contributed by atoms with Crippen LogP contribution in [0, 0.1) is 29.1 Å². The molecule has 2 fully saturated rings. The van der Waals surface area contributed by atoms with Gasteiger partial charge in [0.15, 0.2) is 5.78 Å². The summed E-state index contributed by atoms with van der Waals surface area (Å²) in [7, 11) is 0.